The molecule has 1 aromatic heterocycles. The maximum atomic E-state index is 13.7. The summed E-state index contributed by atoms with van der Waals surface area (Å²) >= 11 is 0. The van der Waals surface area contributed by atoms with Crippen molar-refractivity contribution in [2.45, 2.75) is 13.5 Å². The summed E-state index contributed by atoms with van der Waals surface area (Å²) in [4.78, 5) is 26.5. The van der Waals surface area contributed by atoms with E-state index in [1.54, 1.807) is 37.8 Å². The van der Waals surface area contributed by atoms with Gasteiger partial charge in [-0.25, -0.2) is 28.8 Å². The van der Waals surface area contributed by atoms with Gasteiger partial charge < -0.3 is 4.90 Å². The van der Waals surface area contributed by atoms with Crippen molar-refractivity contribution in [3.05, 3.63) is 89.8 Å². The molecular weight excluding hydrogens is 438 g/mol. The van der Waals surface area contributed by atoms with Crippen molar-refractivity contribution in [2.75, 3.05) is 14.1 Å². The van der Waals surface area contributed by atoms with Crippen molar-refractivity contribution >= 4 is 24.1 Å². The summed E-state index contributed by atoms with van der Waals surface area (Å²) in [5, 5.41) is 5.46. The highest BCUT2D eigenvalue weighted by atomic mass is 19.1. The fraction of sp³-hybridized carbons (Fsp3) is 0.160. The van der Waals surface area contributed by atoms with Gasteiger partial charge >= 0.3 is 0 Å². The molecule has 34 heavy (non-hydrogen) atoms. The van der Waals surface area contributed by atoms with Gasteiger partial charge in [-0.15, -0.1) is 0 Å². The number of carbonyl (C=O) groups is 1. The zero-order valence-electron chi connectivity index (χ0n) is 19.1. The standard InChI is InChI=1S/C25H24F2N6O/c1-4-6-24(20-10-21(26)12-22(27)11-20)31-33(17-34)15-18-7-5-8-19(9-18)25-28-13-23(14-29-25)30-16-32(2)3/h4-14,16-17H,15H2,1-3H3/b6-4-,30-16?,31-24+. The van der Waals surface area contributed by atoms with Crippen LogP contribution in [0, 0.1) is 11.6 Å². The number of amides is 1. The first-order chi connectivity index (χ1) is 16.4. The fourth-order valence-electron chi connectivity index (χ4n) is 3.00. The second-order valence-electron chi connectivity index (χ2n) is 7.52. The highest BCUT2D eigenvalue weighted by molar-refractivity contribution is 6.08. The molecule has 0 unspecified atom stereocenters. The average Bonchev–Trinajstić information content (AvgIpc) is 2.81. The van der Waals surface area contributed by atoms with Crippen LogP contribution < -0.4 is 0 Å². The van der Waals surface area contributed by atoms with Crippen LogP contribution in [0.4, 0.5) is 14.5 Å². The number of halogens is 2. The lowest BCUT2D eigenvalue weighted by Gasteiger charge is -2.14. The third-order valence-electron chi connectivity index (χ3n) is 4.45. The van der Waals surface area contributed by atoms with Gasteiger partial charge in [0.25, 0.3) is 0 Å². The number of carbonyl (C=O) groups excluding carboxylic acids is 1. The Bertz CT molecular complexity index is 1200. The Morgan fingerprint density at radius 3 is 2.38 bits per heavy atom. The molecule has 3 rings (SSSR count). The van der Waals surface area contributed by atoms with Crippen molar-refractivity contribution in [1.29, 1.82) is 0 Å². The zero-order chi connectivity index (χ0) is 24.5. The first-order valence-electron chi connectivity index (χ1n) is 10.4. The summed E-state index contributed by atoms with van der Waals surface area (Å²) in [5.74, 6) is -0.941. The van der Waals surface area contributed by atoms with Crippen LogP contribution in [0.3, 0.4) is 0 Å². The van der Waals surface area contributed by atoms with E-state index in [0.29, 0.717) is 17.9 Å². The molecule has 3 aromatic rings. The number of hydrogen-bond acceptors (Lipinski definition) is 5. The second kappa shape index (κ2) is 11.6. The van der Waals surface area contributed by atoms with Gasteiger partial charge in [0, 0.05) is 31.3 Å². The first-order valence-corrected chi connectivity index (χ1v) is 10.4. The molecule has 0 bridgehead atoms. The van der Waals surface area contributed by atoms with E-state index in [1.165, 1.54) is 0 Å². The molecule has 0 aliphatic carbocycles. The van der Waals surface area contributed by atoms with Crippen LogP contribution in [0.15, 0.2) is 77.1 Å². The highest BCUT2D eigenvalue weighted by Crippen LogP contribution is 2.19. The summed E-state index contributed by atoms with van der Waals surface area (Å²) in [5.41, 5.74) is 2.64. The Hall–Kier alpha value is -4.27. The molecule has 0 radical (unpaired) electrons. The predicted octanol–water partition coefficient (Wildman–Crippen LogP) is 4.58. The number of rotatable bonds is 9. The van der Waals surface area contributed by atoms with Crippen LogP contribution in [0.5, 0.6) is 0 Å². The number of allylic oxidation sites excluding steroid dienone is 2. The Labute approximate surface area is 196 Å². The number of aromatic nitrogens is 2. The van der Waals surface area contributed by atoms with E-state index < -0.39 is 11.6 Å². The van der Waals surface area contributed by atoms with Crippen LogP contribution in [0.25, 0.3) is 11.4 Å². The van der Waals surface area contributed by atoms with Crippen LogP contribution in [0.2, 0.25) is 0 Å². The summed E-state index contributed by atoms with van der Waals surface area (Å²) < 4.78 is 27.4. The Morgan fingerprint density at radius 2 is 1.76 bits per heavy atom. The van der Waals surface area contributed by atoms with Gasteiger partial charge in [-0.1, -0.05) is 24.3 Å². The van der Waals surface area contributed by atoms with Crippen LogP contribution >= 0.6 is 0 Å². The lowest BCUT2D eigenvalue weighted by Crippen LogP contribution is -2.17. The van der Waals surface area contributed by atoms with Crippen molar-refractivity contribution < 1.29 is 13.6 Å². The third kappa shape index (κ3) is 6.86. The molecule has 0 N–H and O–H groups in total. The Balaban J connectivity index is 1.83. The fourth-order valence-corrected chi connectivity index (χ4v) is 3.00. The van der Waals surface area contributed by atoms with E-state index in [1.807, 2.05) is 43.3 Å². The molecule has 0 saturated heterocycles. The van der Waals surface area contributed by atoms with Gasteiger partial charge in [0.2, 0.25) is 6.41 Å². The average molecular weight is 463 g/mol. The maximum absolute atomic E-state index is 13.7. The molecule has 9 heteroatoms. The summed E-state index contributed by atoms with van der Waals surface area (Å²) in [6.45, 7) is 1.89. The Morgan fingerprint density at radius 1 is 1.06 bits per heavy atom. The van der Waals surface area contributed by atoms with E-state index >= 15 is 0 Å². The molecule has 0 aliphatic heterocycles. The summed E-state index contributed by atoms with van der Waals surface area (Å²) in [7, 11) is 3.74. The van der Waals surface area contributed by atoms with Crippen LogP contribution in [-0.2, 0) is 11.3 Å². The minimum atomic E-state index is -0.726. The normalized spacial score (nSPS) is 11.9. The monoisotopic (exact) mass is 462 g/mol. The Kier molecular flexibility index (Phi) is 8.28. The van der Waals surface area contributed by atoms with E-state index in [-0.39, 0.29) is 17.8 Å². The quantitative estimate of drug-likeness (QED) is 0.202. The number of aliphatic imine (C=N–C) groups is 1. The topological polar surface area (TPSA) is 74.1 Å². The lowest BCUT2D eigenvalue weighted by atomic mass is 10.1. The SMILES string of the molecule is C/C=C\C(=N/N(C=O)Cc1cccc(-c2ncc(N=CN(C)C)cn2)c1)c1cc(F)cc(F)c1. The molecule has 0 spiro atoms. The molecule has 7 nitrogen and oxygen atoms in total. The third-order valence-corrected chi connectivity index (χ3v) is 4.45. The minimum absolute atomic E-state index is 0.140. The molecule has 174 valence electrons. The molecule has 0 saturated carbocycles. The van der Waals surface area contributed by atoms with Crippen LogP contribution in [-0.4, -0.2) is 52.4 Å². The second-order valence-corrected chi connectivity index (χ2v) is 7.52. The largest absolute Gasteiger partial charge is 0.369 e. The summed E-state index contributed by atoms with van der Waals surface area (Å²) in [6.07, 6.45) is 8.72. The van der Waals surface area contributed by atoms with E-state index in [9.17, 15) is 13.6 Å². The number of benzene rings is 2. The summed E-state index contributed by atoms with van der Waals surface area (Å²) in [6, 6.07) is 10.5. The van der Waals surface area contributed by atoms with Crippen LogP contribution in [0.1, 0.15) is 18.1 Å². The highest BCUT2D eigenvalue weighted by Gasteiger charge is 2.10. The predicted molar refractivity (Wildman–Crippen MR) is 129 cm³/mol. The zero-order valence-corrected chi connectivity index (χ0v) is 19.1. The molecule has 2 aromatic carbocycles. The molecule has 0 aliphatic rings. The van der Waals surface area contributed by atoms with Crippen molar-refractivity contribution in [1.82, 2.24) is 19.9 Å². The molecular formula is C25H24F2N6O. The van der Waals surface area contributed by atoms with Gasteiger partial charge in [0.1, 0.15) is 17.3 Å². The number of nitrogens with zero attached hydrogens (tertiary/aromatic N) is 6. The van der Waals surface area contributed by atoms with Crippen molar-refractivity contribution in [3.8, 4) is 11.4 Å². The van der Waals surface area contributed by atoms with Gasteiger partial charge in [-0.05, 0) is 36.8 Å². The van der Waals surface area contributed by atoms with Crippen molar-refractivity contribution in [3.63, 3.8) is 0 Å². The molecule has 0 atom stereocenters. The van der Waals surface area contributed by atoms with E-state index in [0.717, 1.165) is 34.3 Å². The van der Waals surface area contributed by atoms with E-state index in [2.05, 4.69) is 20.1 Å². The maximum Gasteiger partial charge on any atom is 0.230 e. The molecule has 1 amide bonds. The van der Waals surface area contributed by atoms with Gasteiger partial charge in [0.15, 0.2) is 5.82 Å². The van der Waals surface area contributed by atoms with Crippen molar-refractivity contribution in [2.24, 2.45) is 10.1 Å². The van der Waals surface area contributed by atoms with Gasteiger partial charge in [0.05, 0.1) is 31.0 Å². The lowest BCUT2D eigenvalue weighted by molar-refractivity contribution is -0.118. The smallest absolute Gasteiger partial charge is 0.230 e. The van der Waals surface area contributed by atoms with Gasteiger partial charge in [-0.2, -0.15) is 5.10 Å². The molecule has 0 fully saturated rings. The number of hydrazone groups is 1. The van der Waals surface area contributed by atoms with E-state index in [4.69, 9.17) is 0 Å². The van der Waals surface area contributed by atoms with Gasteiger partial charge in [-0.3, -0.25) is 4.79 Å². The molecule has 1 heterocycles. The minimum Gasteiger partial charge on any atom is -0.369 e. The number of hydrogen-bond donors (Lipinski definition) is 0. The first kappa shape index (κ1) is 24.4.